The second-order valence-electron chi connectivity index (χ2n) is 5.05. The Morgan fingerprint density at radius 2 is 1.77 bits per heavy atom. The third-order valence-electron chi connectivity index (χ3n) is 3.80. The maximum absolute atomic E-state index is 14.2. The summed E-state index contributed by atoms with van der Waals surface area (Å²) in [7, 11) is 0. The van der Waals surface area contributed by atoms with Crippen LogP contribution in [0.3, 0.4) is 0 Å². The summed E-state index contributed by atoms with van der Waals surface area (Å²) in [4.78, 5) is 28.2. The molecule has 2 aliphatic rings. The van der Waals surface area contributed by atoms with Gasteiger partial charge in [-0.1, -0.05) is 16.7 Å². The number of nitrogens with zero attached hydrogens (tertiary/aromatic N) is 4. The van der Waals surface area contributed by atoms with Crippen LogP contribution in [-0.4, -0.2) is 11.8 Å². The summed E-state index contributed by atoms with van der Waals surface area (Å²) in [6, 6.07) is 2.05. The number of carbonyl (C=O) groups excluding carboxylic acids is 2. The molecule has 1 heterocycles. The van der Waals surface area contributed by atoms with Crippen molar-refractivity contribution in [2.45, 2.75) is 25.7 Å². The fraction of sp³-hybridized carbons (Fsp3) is 0.286. The Kier molecular flexibility index (Phi) is 3.60. The Morgan fingerprint density at radius 3 is 2.32 bits per heavy atom. The van der Waals surface area contributed by atoms with Crippen LogP contribution in [0.2, 0.25) is 5.02 Å². The van der Waals surface area contributed by atoms with Crippen LogP contribution in [0.1, 0.15) is 25.7 Å². The van der Waals surface area contributed by atoms with E-state index in [9.17, 15) is 14.0 Å². The van der Waals surface area contributed by atoms with Crippen molar-refractivity contribution in [3.05, 3.63) is 44.6 Å². The average molecular weight is 321 g/mol. The monoisotopic (exact) mass is 320 g/mol. The molecule has 0 bridgehead atoms. The number of hydrogen-bond acceptors (Lipinski definition) is 3. The van der Waals surface area contributed by atoms with Gasteiger partial charge in [0.05, 0.1) is 16.4 Å². The van der Waals surface area contributed by atoms with Crippen molar-refractivity contribution in [1.82, 2.24) is 0 Å². The zero-order valence-electron chi connectivity index (χ0n) is 11.3. The van der Waals surface area contributed by atoms with Crippen LogP contribution >= 0.6 is 11.6 Å². The molecule has 2 amide bonds. The van der Waals surface area contributed by atoms with Gasteiger partial charge in [0.2, 0.25) is 0 Å². The topological polar surface area (TPSA) is 86.1 Å². The highest BCUT2D eigenvalue weighted by Crippen LogP contribution is 2.39. The van der Waals surface area contributed by atoms with Crippen molar-refractivity contribution in [2.75, 3.05) is 4.90 Å². The molecule has 0 spiro atoms. The van der Waals surface area contributed by atoms with E-state index in [2.05, 4.69) is 10.0 Å². The molecule has 1 aromatic carbocycles. The summed E-state index contributed by atoms with van der Waals surface area (Å²) in [5, 5.41) is 3.25. The Morgan fingerprint density at radius 1 is 1.18 bits per heavy atom. The molecule has 0 N–H and O–H groups in total. The highest BCUT2D eigenvalue weighted by Gasteiger charge is 2.40. The normalized spacial score (nSPS) is 17.6. The zero-order valence-corrected chi connectivity index (χ0v) is 12.1. The predicted molar refractivity (Wildman–Crippen MR) is 78.2 cm³/mol. The van der Waals surface area contributed by atoms with E-state index in [1.54, 1.807) is 0 Å². The van der Waals surface area contributed by atoms with Gasteiger partial charge >= 0.3 is 0 Å². The summed E-state index contributed by atoms with van der Waals surface area (Å²) in [5.74, 6) is -1.83. The maximum atomic E-state index is 14.2. The van der Waals surface area contributed by atoms with Crippen LogP contribution in [0.4, 0.5) is 15.8 Å². The summed E-state index contributed by atoms with van der Waals surface area (Å²) < 4.78 is 14.2. The van der Waals surface area contributed by atoms with Gasteiger partial charge in [-0.3, -0.25) is 9.59 Å². The molecule has 8 heteroatoms. The van der Waals surface area contributed by atoms with Crippen molar-refractivity contribution in [3.63, 3.8) is 0 Å². The van der Waals surface area contributed by atoms with Crippen LogP contribution in [-0.2, 0) is 9.59 Å². The number of imide groups is 1. The third-order valence-corrected chi connectivity index (χ3v) is 4.10. The Balaban J connectivity index is 2.09. The van der Waals surface area contributed by atoms with Gasteiger partial charge < -0.3 is 0 Å². The third kappa shape index (κ3) is 2.15. The lowest BCUT2D eigenvalue weighted by Gasteiger charge is -2.17. The fourth-order valence-electron chi connectivity index (χ4n) is 2.78. The SMILES string of the molecule is [N-]=[N+]=Nc1cc(N2C(=O)C3=C(CCCC3)C2=O)c(F)cc1Cl. The second kappa shape index (κ2) is 5.44. The first-order valence-electron chi connectivity index (χ1n) is 6.69. The first kappa shape index (κ1) is 14.6. The smallest absolute Gasteiger partial charge is 0.261 e. The lowest BCUT2D eigenvalue weighted by molar-refractivity contribution is -0.120. The molecule has 0 saturated carbocycles. The number of amides is 2. The van der Waals surface area contributed by atoms with E-state index >= 15 is 0 Å². The van der Waals surface area contributed by atoms with Gasteiger partial charge in [0.25, 0.3) is 11.8 Å². The van der Waals surface area contributed by atoms with E-state index < -0.39 is 17.6 Å². The van der Waals surface area contributed by atoms with E-state index in [0.717, 1.165) is 29.9 Å². The molecule has 22 heavy (non-hydrogen) atoms. The molecule has 0 atom stereocenters. The lowest BCUT2D eigenvalue weighted by atomic mass is 9.93. The van der Waals surface area contributed by atoms with Crippen molar-refractivity contribution >= 4 is 34.8 Å². The van der Waals surface area contributed by atoms with Gasteiger partial charge in [-0.15, -0.1) is 0 Å². The van der Waals surface area contributed by atoms with Crippen LogP contribution in [0.5, 0.6) is 0 Å². The Labute approximate surface area is 129 Å². The van der Waals surface area contributed by atoms with Gasteiger partial charge in [-0.2, -0.15) is 0 Å². The molecular formula is C14H10ClFN4O2. The number of benzene rings is 1. The van der Waals surface area contributed by atoms with Crippen molar-refractivity contribution in [1.29, 1.82) is 0 Å². The van der Waals surface area contributed by atoms with Gasteiger partial charge in [-0.25, -0.2) is 9.29 Å². The standard InChI is InChI=1S/C14H10ClFN4O2/c15-9-5-10(16)12(6-11(9)18-19-17)20-13(21)7-3-1-2-4-8(7)14(20)22/h5-6H,1-4H2. The van der Waals surface area contributed by atoms with Gasteiger partial charge in [-0.05, 0) is 43.3 Å². The first-order chi connectivity index (χ1) is 10.5. The summed E-state index contributed by atoms with van der Waals surface area (Å²) in [6.07, 6.45) is 2.71. The van der Waals surface area contributed by atoms with Gasteiger partial charge in [0, 0.05) is 16.1 Å². The molecule has 0 aromatic heterocycles. The predicted octanol–water partition coefficient (Wildman–Crippen LogP) is 4.16. The lowest BCUT2D eigenvalue weighted by Crippen LogP contribution is -2.32. The van der Waals surface area contributed by atoms with Crippen molar-refractivity contribution < 1.29 is 14.0 Å². The molecule has 1 aliphatic carbocycles. The van der Waals surface area contributed by atoms with E-state index in [1.807, 2.05) is 0 Å². The molecule has 0 radical (unpaired) electrons. The number of azide groups is 1. The molecule has 112 valence electrons. The van der Waals surface area contributed by atoms with Crippen molar-refractivity contribution in [2.24, 2.45) is 5.11 Å². The second-order valence-corrected chi connectivity index (χ2v) is 5.46. The minimum atomic E-state index is -0.816. The molecule has 1 aliphatic heterocycles. The Hall–Kier alpha value is -2.37. The summed E-state index contributed by atoms with van der Waals surface area (Å²) in [5.41, 5.74) is 9.13. The van der Waals surface area contributed by atoms with Gasteiger partial charge in [0.1, 0.15) is 5.82 Å². The summed E-state index contributed by atoms with van der Waals surface area (Å²) in [6.45, 7) is 0. The number of carbonyl (C=O) groups is 2. The number of anilines is 1. The van der Waals surface area contributed by atoms with Crippen LogP contribution in [0.15, 0.2) is 28.4 Å². The zero-order chi connectivity index (χ0) is 15.9. The van der Waals surface area contributed by atoms with Crippen LogP contribution in [0, 0.1) is 5.82 Å². The van der Waals surface area contributed by atoms with Crippen LogP contribution < -0.4 is 4.90 Å². The van der Waals surface area contributed by atoms with Crippen molar-refractivity contribution in [3.8, 4) is 0 Å². The highest BCUT2D eigenvalue weighted by atomic mass is 35.5. The van der Waals surface area contributed by atoms with E-state index in [0.29, 0.717) is 24.0 Å². The minimum Gasteiger partial charge on any atom is -0.269 e. The molecule has 3 rings (SSSR count). The molecule has 1 aromatic rings. The average Bonchev–Trinajstić information content (AvgIpc) is 2.75. The highest BCUT2D eigenvalue weighted by molar-refractivity contribution is 6.35. The molecule has 0 fully saturated rings. The number of hydrogen-bond donors (Lipinski definition) is 0. The number of halogens is 2. The molecule has 6 nitrogen and oxygen atoms in total. The van der Waals surface area contributed by atoms with E-state index in [1.165, 1.54) is 0 Å². The van der Waals surface area contributed by atoms with E-state index in [-0.39, 0.29) is 16.4 Å². The molecular weight excluding hydrogens is 311 g/mol. The molecule has 0 saturated heterocycles. The van der Waals surface area contributed by atoms with E-state index in [4.69, 9.17) is 17.1 Å². The van der Waals surface area contributed by atoms with Crippen LogP contribution in [0.25, 0.3) is 10.4 Å². The largest absolute Gasteiger partial charge is 0.269 e. The van der Waals surface area contributed by atoms with Gasteiger partial charge in [0.15, 0.2) is 0 Å². The maximum Gasteiger partial charge on any atom is 0.261 e. The molecule has 0 unspecified atom stereocenters. The minimum absolute atomic E-state index is 0.0361. The fourth-order valence-corrected chi connectivity index (χ4v) is 2.97. The Bertz CT molecular complexity index is 755. The summed E-state index contributed by atoms with van der Waals surface area (Å²) >= 11 is 5.78. The first-order valence-corrected chi connectivity index (χ1v) is 7.07. The quantitative estimate of drug-likeness (QED) is 0.354. The number of rotatable bonds is 2.